The third-order valence-corrected chi connectivity index (χ3v) is 5.75. The van der Waals surface area contributed by atoms with Crippen LogP contribution in [0.4, 0.5) is 0 Å². The molecule has 3 aromatic heterocycles. The van der Waals surface area contributed by atoms with E-state index in [4.69, 9.17) is 9.47 Å². The van der Waals surface area contributed by atoms with E-state index in [0.717, 1.165) is 33.0 Å². The number of hydrogen-bond acceptors (Lipinski definition) is 5. The predicted molar refractivity (Wildman–Crippen MR) is 119 cm³/mol. The van der Waals surface area contributed by atoms with Crippen LogP contribution in [-0.2, 0) is 13.0 Å². The second kappa shape index (κ2) is 9.00. The average Bonchev–Trinajstić information content (AvgIpc) is 3.37. The fraction of sp³-hybridized carbons (Fsp3) is 0.217. The van der Waals surface area contributed by atoms with Crippen LogP contribution in [0.5, 0.6) is 11.5 Å². The number of carbonyl (C=O) groups is 1. The number of fused-ring (bicyclic) bond motifs is 1. The number of thiophene rings is 1. The molecule has 0 aliphatic heterocycles. The zero-order chi connectivity index (χ0) is 20.9. The Morgan fingerprint density at radius 1 is 1.10 bits per heavy atom. The fourth-order valence-corrected chi connectivity index (χ4v) is 4.24. The summed E-state index contributed by atoms with van der Waals surface area (Å²) in [6.07, 6.45) is 2.45. The molecule has 4 rings (SSSR count). The van der Waals surface area contributed by atoms with Gasteiger partial charge in [-0.1, -0.05) is 6.07 Å². The molecule has 154 valence electrons. The first-order chi connectivity index (χ1) is 14.7. The summed E-state index contributed by atoms with van der Waals surface area (Å²) in [5.41, 5.74) is 3.63. The zero-order valence-electron chi connectivity index (χ0n) is 16.9. The van der Waals surface area contributed by atoms with Gasteiger partial charge in [-0.3, -0.25) is 9.78 Å². The maximum absolute atomic E-state index is 13.0. The molecule has 0 atom stereocenters. The van der Waals surface area contributed by atoms with Crippen molar-refractivity contribution in [2.45, 2.75) is 13.0 Å². The quantitative estimate of drug-likeness (QED) is 0.464. The minimum atomic E-state index is -0.0933. The van der Waals surface area contributed by atoms with Crippen LogP contribution in [-0.4, -0.2) is 36.2 Å². The molecule has 6 nitrogen and oxygen atoms in total. The molecule has 0 aliphatic carbocycles. The number of nitrogens with zero attached hydrogens (tertiary/aromatic N) is 2. The first-order valence-electron chi connectivity index (χ1n) is 9.64. The number of amides is 1. The van der Waals surface area contributed by atoms with Gasteiger partial charge in [0.25, 0.3) is 5.91 Å². The highest BCUT2D eigenvalue weighted by Gasteiger charge is 2.17. The zero-order valence-corrected chi connectivity index (χ0v) is 17.7. The number of carbonyl (C=O) groups excluding carboxylic acids is 1. The first-order valence-corrected chi connectivity index (χ1v) is 10.5. The predicted octanol–water partition coefficient (Wildman–Crippen LogP) is 4.14. The monoisotopic (exact) mass is 421 g/mol. The van der Waals surface area contributed by atoms with Crippen molar-refractivity contribution in [1.29, 1.82) is 0 Å². The number of benzene rings is 1. The SMILES string of the molecule is COc1cc(Cn2c(C(=O)NCCc3ccccn3)cc3sccc32)cc(OC)c1. The Kier molecular flexibility index (Phi) is 5.99. The van der Waals surface area contributed by atoms with Crippen LogP contribution >= 0.6 is 11.3 Å². The van der Waals surface area contributed by atoms with Gasteiger partial charge in [-0.15, -0.1) is 11.3 Å². The Labute approximate surface area is 179 Å². The molecular weight excluding hydrogens is 398 g/mol. The summed E-state index contributed by atoms with van der Waals surface area (Å²) < 4.78 is 13.9. The van der Waals surface area contributed by atoms with Gasteiger partial charge in [-0.25, -0.2) is 0 Å². The number of nitrogens with one attached hydrogen (secondary N) is 1. The standard InChI is InChI=1S/C23H23N3O3S/c1-28-18-11-16(12-19(13-18)29-2)15-26-20-7-10-30-22(20)14-21(26)23(27)25-9-6-17-5-3-4-8-24-17/h3-5,7-8,10-14H,6,9,15H2,1-2H3,(H,25,27). The van der Waals surface area contributed by atoms with Crippen molar-refractivity contribution >= 4 is 27.5 Å². The van der Waals surface area contributed by atoms with Crippen molar-refractivity contribution in [2.24, 2.45) is 0 Å². The Morgan fingerprint density at radius 3 is 2.60 bits per heavy atom. The Morgan fingerprint density at radius 2 is 1.90 bits per heavy atom. The third kappa shape index (κ3) is 4.31. The number of rotatable bonds is 8. The van der Waals surface area contributed by atoms with E-state index in [2.05, 4.69) is 10.3 Å². The van der Waals surface area contributed by atoms with Crippen LogP contribution in [0.2, 0.25) is 0 Å². The molecule has 1 N–H and O–H groups in total. The van der Waals surface area contributed by atoms with Crippen molar-refractivity contribution in [3.63, 3.8) is 0 Å². The highest BCUT2D eigenvalue weighted by atomic mass is 32.1. The van der Waals surface area contributed by atoms with Gasteiger partial charge in [0.05, 0.1) is 24.4 Å². The van der Waals surface area contributed by atoms with Gasteiger partial charge in [-0.2, -0.15) is 0 Å². The molecule has 0 aliphatic rings. The lowest BCUT2D eigenvalue weighted by molar-refractivity contribution is 0.0945. The van der Waals surface area contributed by atoms with Gasteiger partial charge in [0.2, 0.25) is 0 Å². The number of ether oxygens (including phenoxy) is 2. The summed E-state index contributed by atoms with van der Waals surface area (Å²) in [7, 11) is 3.26. The lowest BCUT2D eigenvalue weighted by Gasteiger charge is -2.13. The largest absolute Gasteiger partial charge is 0.497 e. The van der Waals surface area contributed by atoms with Gasteiger partial charge in [0.15, 0.2) is 0 Å². The topological polar surface area (TPSA) is 65.4 Å². The minimum absolute atomic E-state index is 0.0933. The number of methoxy groups -OCH3 is 2. The Hall–Kier alpha value is -3.32. The van der Waals surface area contributed by atoms with Gasteiger partial charge in [0, 0.05) is 37.5 Å². The van der Waals surface area contributed by atoms with E-state index in [-0.39, 0.29) is 5.91 Å². The molecule has 3 heterocycles. The van der Waals surface area contributed by atoms with Crippen LogP contribution < -0.4 is 14.8 Å². The fourth-order valence-electron chi connectivity index (χ4n) is 3.42. The second-order valence-electron chi connectivity index (χ2n) is 6.83. The summed E-state index contributed by atoms with van der Waals surface area (Å²) in [6, 6.07) is 15.6. The van der Waals surface area contributed by atoms with Crippen molar-refractivity contribution in [3.05, 3.63) is 77.1 Å². The number of hydrogen-bond donors (Lipinski definition) is 1. The summed E-state index contributed by atoms with van der Waals surface area (Å²) in [5, 5.41) is 5.06. The highest BCUT2D eigenvalue weighted by molar-refractivity contribution is 7.17. The van der Waals surface area contributed by atoms with E-state index in [1.165, 1.54) is 0 Å². The van der Waals surface area contributed by atoms with Crippen LogP contribution in [0.1, 0.15) is 21.7 Å². The van der Waals surface area contributed by atoms with Gasteiger partial charge in [0.1, 0.15) is 17.2 Å². The van der Waals surface area contributed by atoms with Crippen LogP contribution in [0, 0.1) is 0 Å². The molecule has 30 heavy (non-hydrogen) atoms. The average molecular weight is 422 g/mol. The van der Waals surface area contributed by atoms with E-state index in [1.54, 1.807) is 31.8 Å². The molecule has 0 radical (unpaired) electrons. The van der Waals surface area contributed by atoms with Crippen molar-refractivity contribution in [2.75, 3.05) is 20.8 Å². The van der Waals surface area contributed by atoms with Crippen molar-refractivity contribution < 1.29 is 14.3 Å². The van der Waals surface area contributed by atoms with Crippen molar-refractivity contribution in [1.82, 2.24) is 14.9 Å². The minimum Gasteiger partial charge on any atom is -0.497 e. The molecule has 0 saturated heterocycles. The molecular formula is C23H23N3O3S. The molecule has 7 heteroatoms. The lowest BCUT2D eigenvalue weighted by Crippen LogP contribution is -2.28. The van der Waals surface area contributed by atoms with Crippen LogP contribution in [0.25, 0.3) is 10.2 Å². The van der Waals surface area contributed by atoms with Crippen molar-refractivity contribution in [3.8, 4) is 11.5 Å². The molecule has 0 spiro atoms. The maximum Gasteiger partial charge on any atom is 0.267 e. The number of pyridine rings is 1. The molecule has 4 aromatic rings. The maximum atomic E-state index is 13.0. The van der Waals surface area contributed by atoms with Gasteiger partial charge < -0.3 is 19.4 Å². The Bertz CT molecular complexity index is 1130. The molecule has 0 fully saturated rings. The molecule has 0 unspecified atom stereocenters. The van der Waals surface area contributed by atoms with E-state index >= 15 is 0 Å². The van der Waals surface area contributed by atoms with E-state index < -0.39 is 0 Å². The second-order valence-corrected chi connectivity index (χ2v) is 7.78. The number of aromatic nitrogens is 2. The van der Waals surface area contributed by atoms with Gasteiger partial charge in [-0.05, 0) is 47.3 Å². The van der Waals surface area contributed by atoms with E-state index in [9.17, 15) is 4.79 Å². The Balaban J connectivity index is 1.57. The van der Waals surface area contributed by atoms with Crippen LogP contribution in [0.3, 0.4) is 0 Å². The molecule has 1 amide bonds. The normalized spacial score (nSPS) is 10.9. The van der Waals surface area contributed by atoms with E-state index in [0.29, 0.717) is 25.2 Å². The summed E-state index contributed by atoms with van der Waals surface area (Å²) in [4.78, 5) is 17.3. The lowest BCUT2D eigenvalue weighted by atomic mass is 10.2. The first kappa shape index (κ1) is 20.0. The third-order valence-electron chi connectivity index (χ3n) is 4.90. The summed E-state index contributed by atoms with van der Waals surface area (Å²) >= 11 is 1.63. The molecule has 0 saturated carbocycles. The molecule has 1 aromatic carbocycles. The van der Waals surface area contributed by atoms with Gasteiger partial charge >= 0.3 is 0 Å². The summed E-state index contributed by atoms with van der Waals surface area (Å²) in [5.74, 6) is 1.35. The van der Waals surface area contributed by atoms with Crippen LogP contribution in [0.15, 0.2) is 60.1 Å². The highest BCUT2D eigenvalue weighted by Crippen LogP contribution is 2.28. The summed E-state index contributed by atoms with van der Waals surface area (Å²) in [6.45, 7) is 1.07. The smallest absolute Gasteiger partial charge is 0.267 e. The molecule has 0 bridgehead atoms. The van der Waals surface area contributed by atoms with E-state index in [1.807, 2.05) is 58.5 Å².